The molecular weight excluding hydrogens is 221 g/mol. The van der Waals surface area contributed by atoms with Gasteiger partial charge in [-0.05, 0) is 24.6 Å². The van der Waals surface area contributed by atoms with E-state index in [1.54, 1.807) is 6.07 Å². The van der Waals surface area contributed by atoms with Crippen LogP contribution in [0.25, 0.3) is 0 Å². The summed E-state index contributed by atoms with van der Waals surface area (Å²) in [6.45, 7) is 1.89. The minimum atomic E-state index is -0.181. The van der Waals surface area contributed by atoms with Crippen molar-refractivity contribution < 1.29 is 4.79 Å². The zero-order valence-corrected chi connectivity index (χ0v) is 9.27. The van der Waals surface area contributed by atoms with E-state index in [4.69, 9.17) is 23.2 Å². The van der Waals surface area contributed by atoms with Crippen molar-refractivity contribution in [3.8, 4) is 0 Å². The zero-order valence-electron chi connectivity index (χ0n) is 7.76. The van der Waals surface area contributed by atoms with E-state index in [-0.39, 0.29) is 17.8 Å². The topological polar surface area (TPSA) is 29.1 Å². The van der Waals surface area contributed by atoms with Gasteiger partial charge in [-0.2, -0.15) is 0 Å². The minimum Gasteiger partial charge on any atom is -0.349 e. The maximum absolute atomic E-state index is 11.0. The molecule has 0 spiro atoms. The molecule has 2 nitrogen and oxygen atoms in total. The van der Waals surface area contributed by atoms with Crippen LogP contribution in [0.1, 0.15) is 18.5 Å². The van der Waals surface area contributed by atoms with Crippen molar-refractivity contribution in [3.05, 3.63) is 34.9 Å². The van der Waals surface area contributed by atoms with Gasteiger partial charge >= 0.3 is 0 Å². The third-order valence-corrected chi connectivity index (χ3v) is 2.33. The first kappa shape index (κ1) is 11.3. The smallest absolute Gasteiger partial charge is 0.235 e. The molecule has 4 heteroatoms. The van der Waals surface area contributed by atoms with Crippen LogP contribution in [-0.2, 0) is 4.79 Å². The second-order valence-corrected chi connectivity index (χ2v) is 3.68. The van der Waals surface area contributed by atoms with Gasteiger partial charge in [0.15, 0.2) is 0 Å². The molecule has 76 valence electrons. The van der Waals surface area contributed by atoms with Crippen molar-refractivity contribution in [3.63, 3.8) is 0 Å². The number of carbonyl (C=O) groups is 1. The fraction of sp³-hybridized carbons (Fsp3) is 0.300. The average Bonchev–Trinajstić information content (AvgIpc) is 2.17. The molecule has 0 fully saturated rings. The quantitative estimate of drug-likeness (QED) is 0.797. The molecule has 1 unspecified atom stereocenters. The maximum Gasteiger partial charge on any atom is 0.235 e. The molecule has 1 N–H and O–H groups in total. The first-order valence-corrected chi connectivity index (χ1v) is 5.15. The number of hydrogen-bond donors (Lipinski definition) is 1. The van der Waals surface area contributed by atoms with Gasteiger partial charge in [0, 0.05) is 5.02 Å². The Morgan fingerprint density at radius 1 is 1.57 bits per heavy atom. The highest BCUT2D eigenvalue weighted by Crippen LogP contribution is 2.17. The Hall–Kier alpha value is -0.730. The van der Waals surface area contributed by atoms with Crippen LogP contribution in [0.3, 0.4) is 0 Å². The molecule has 1 rings (SSSR count). The predicted octanol–water partition coefficient (Wildman–Crippen LogP) is 2.76. The van der Waals surface area contributed by atoms with Crippen LogP contribution in [0.2, 0.25) is 5.02 Å². The van der Waals surface area contributed by atoms with Gasteiger partial charge in [-0.1, -0.05) is 23.7 Å². The zero-order chi connectivity index (χ0) is 10.6. The van der Waals surface area contributed by atoms with Crippen LogP contribution in [0.15, 0.2) is 24.3 Å². The molecule has 0 saturated heterocycles. The van der Waals surface area contributed by atoms with Crippen LogP contribution in [0.5, 0.6) is 0 Å². The molecule has 1 aromatic carbocycles. The van der Waals surface area contributed by atoms with E-state index in [2.05, 4.69) is 5.32 Å². The summed E-state index contributed by atoms with van der Waals surface area (Å²) >= 11 is 11.2. The standard InChI is InChI=1S/C10H11Cl2NO/c1-7(13-10(14)6-11)8-3-2-4-9(12)5-8/h2-5,7H,6H2,1H3,(H,13,14). The summed E-state index contributed by atoms with van der Waals surface area (Å²) in [6, 6.07) is 7.30. The molecule has 1 aromatic rings. The number of benzene rings is 1. The molecule has 1 atom stereocenters. The van der Waals surface area contributed by atoms with Crippen molar-refractivity contribution in [2.24, 2.45) is 0 Å². The summed E-state index contributed by atoms with van der Waals surface area (Å²) in [4.78, 5) is 11.0. The van der Waals surface area contributed by atoms with Gasteiger partial charge in [-0.15, -0.1) is 11.6 Å². The molecule has 0 aliphatic heterocycles. The molecule has 0 heterocycles. The lowest BCUT2D eigenvalue weighted by atomic mass is 10.1. The van der Waals surface area contributed by atoms with Gasteiger partial charge in [0.05, 0.1) is 6.04 Å². The second kappa shape index (κ2) is 5.23. The average molecular weight is 232 g/mol. The van der Waals surface area contributed by atoms with E-state index < -0.39 is 0 Å². The molecule has 0 saturated carbocycles. The number of halogens is 2. The van der Waals surface area contributed by atoms with Crippen molar-refractivity contribution in [1.29, 1.82) is 0 Å². The summed E-state index contributed by atoms with van der Waals surface area (Å²) < 4.78 is 0. The number of hydrogen-bond acceptors (Lipinski definition) is 1. The van der Waals surface area contributed by atoms with E-state index in [9.17, 15) is 4.79 Å². The lowest BCUT2D eigenvalue weighted by Gasteiger charge is -2.13. The summed E-state index contributed by atoms with van der Waals surface area (Å²) in [5.41, 5.74) is 0.968. The predicted molar refractivity (Wildman–Crippen MR) is 58.7 cm³/mol. The van der Waals surface area contributed by atoms with E-state index in [1.165, 1.54) is 0 Å². The molecule has 1 amide bonds. The highest BCUT2D eigenvalue weighted by Gasteiger charge is 2.08. The lowest BCUT2D eigenvalue weighted by molar-refractivity contribution is -0.119. The summed E-state index contributed by atoms with van der Waals surface area (Å²) in [5.74, 6) is -0.204. The maximum atomic E-state index is 11.0. The molecule has 0 bridgehead atoms. The molecule has 0 aliphatic carbocycles. The first-order valence-electron chi connectivity index (χ1n) is 4.24. The largest absolute Gasteiger partial charge is 0.349 e. The lowest BCUT2D eigenvalue weighted by Crippen LogP contribution is -2.27. The van der Waals surface area contributed by atoms with Gasteiger partial charge in [0.2, 0.25) is 5.91 Å². The SMILES string of the molecule is CC(NC(=O)CCl)c1cccc(Cl)c1. The second-order valence-electron chi connectivity index (χ2n) is 2.98. The van der Waals surface area contributed by atoms with Crippen LogP contribution in [0.4, 0.5) is 0 Å². The van der Waals surface area contributed by atoms with Crippen LogP contribution in [0, 0.1) is 0 Å². The van der Waals surface area contributed by atoms with Crippen molar-refractivity contribution in [1.82, 2.24) is 5.32 Å². The van der Waals surface area contributed by atoms with E-state index in [1.807, 2.05) is 25.1 Å². The first-order chi connectivity index (χ1) is 6.63. The van der Waals surface area contributed by atoms with Gasteiger partial charge in [-0.3, -0.25) is 4.79 Å². The summed E-state index contributed by atoms with van der Waals surface area (Å²) in [6.07, 6.45) is 0. The Morgan fingerprint density at radius 2 is 2.29 bits per heavy atom. The molecule has 0 radical (unpaired) electrons. The van der Waals surface area contributed by atoms with E-state index in [0.717, 1.165) is 5.56 Å². The summed E-state index contributed by atoms with van der Waals surface area (Å²) in [5, 5.41) is 3.41. The van der Waals surface area contributed by atoms with Crippen LogP contribution >= 0.6 is 23.2 Å². The number of carbonyl (C=O) groups excluding carboxylic acids is 1. The Balaban J connectivity index is 2.69. The van der Waals surface area contributed by atoms with Gasteiger partial charge in [0.1, 0.15) is 5.88 Å². The highest BCUT2D eigenvalue weighted by atomic mass is 35.5. The Bertz CT molecular complexity index is 328. The number of nitrogens with one attached hydrogen (secondary N) is 1. The third kappa shape index (κ3) is 3.20. The molecule has 0 aliphatic rings. The molecular formula is C10H11Cl2NO. The third-order valence-electron chi connectivity index (χ3n) is 1.85. The Morgan fingerprint density at radius 3 is 2.86 bits per heavy atom. The number of rotatable bonds is 3. The van der Waals surface area contributed by atoms with Gasteiger partial charge in [-0.25, -0.2) is 0 Å². The van der Waals surface area contributed by atoms with Gasteiger partial charge < -0.3 is 5.32 Å². The number of amides is 1. The Kier molecular flexibility index (Phi) is 4.23. The fourth-order valence-corrected chi connectivity index (χ4v) is 1.42. The summed E-state index contributed by atoms with van der Waals surface area (Å²) in [7, 11) is 0. The van der Waals surface area contributed by atoms with Gasteiger partial charge in [0.25, 0.3) is 0 Å². The van der Waals surface area contributed by atoms with E-state index >= 15 is 0 Å². The normalized spacial score (nSPS) is 12.2. The van der Waals surface area contributed by atoms with Crippen molar-refractivity contribution in [2.45, 2.75) is 13.0 Å². The number of alkyl halides is 1. The fourth-order valence-electron chi connectivity index (χ4n) is 1.14. The van der Waals surface area contributed by atoms with Crippen LogP contribution in [-0.4, -0.2) is 11.8 Å². The Labute approximate surface area is 93.2 Å². The monoisotopic (exact) mass is 231 g/mol. The van der Waals surface area contributed by atoms with Crippen molar-refractivity contribution >= 4 is 29.1 Å². The van der Waals surface area contributed by atoms with Crippen LogP contribution < -0.4 is 5.32 Å². The van der Waals surface area contributed by atoms with Crippen molar-refractivity contribution in [2.75, 3.05) is 5.88 Å². The molecule has 0 aromatic heterocycles. The molecule has 14 heavy (non-hydrogen) atoms. The minimum absolute atomic E-state index is 0.0229. The highest BCUT2D eigenvalue weighted by molar-refractivity contribution is 6.30. The van der Waals surface area contributed by atoms with E-state index in [0.29, 0.717) is 5.02 Å².